The van der Waals surface area contributed by atoms with Crippen LogP contribution in [0.2, 0.25) is 0 Å². The number of aliphatic hydroxyl groups is 1. The van der Waals surface area contributed by atoms with Crippen LogP contribution in [0.25, 0.3) is 22.9 Å². The third-order valence-electron chi connectivity index (χ3n) is 3.32. The number of aromatic nitrogens is 2. The molecule has 0 bridgehead atoms. The van der Waals surface area contributed by atoms with E-state index >= 15 is 0 Å². The number of para-hydroxylation sites is 2. The second kappa shape index (κ2) is 5.25. The molecule has 0 amide bonds. The van der Waals surface area contributed by atoms with E-state index in [0.29, 0.717) is 16.6 Å². The van der Waals surface area contributed by atoms with Crippen molar-refractivity contribution in [1.82, 2.24) is 9.97 Å². The van der Waals surface area contributed by atoms with Gasteiger partial charge < -0.3 is 10.1 Å². The third kappa shape index (κ3) is 2.56. The molecule has 0 fully saturated rings. The van der Waals surface area contributed by atoms with Crippen LogP contribution >= 0.6 is 0 Å². The molecule has 3 rings (SSSR count). The molecule has 2 aromatic carbocycles. The van der Waals surface area contributed by atoms with E-state index in [-0.39, 0.29) is 17.0 Å². The zero-order valence-corrected chi connectivity index (χ0v) is 11.5. The second-order valence-corrected chi connectivity index (χ2v) is 4.81. The molecule has 0 aliphatic carbocycles. The van der Waals surface area contributed by atoms with E-state index in [1.807, 2.05) is 43.3 Å². The van der Waals surface area contributed by atoms with Crippen molar-refractivity contribution in [3.05, 3.63) is 75.7 Å². The molecular formula is C17H14N2O2. The molecule has 21 heavy (non-hydrogen) atoms. The van der Waals surface area contributed by atoms with Crippen molar-refractivity contribution in [3.8, 4) is 0 Å². The van der Waals surface area contributed by atoms with E-state index in [1.54, 1.807) is 12.1 Å². The minimum absolute atomic E-state index is 0.0291. The van der Waals surface area contributed by atoms with Gasteiger partial charge in [-0.15, -0.1) is 0 Å². The Hall–Kier alpha value is -2.88. The summed E-state index contributed by atoms with van der Waals surface area (Å²) in [5.41, 5.74) is 2.84. The number of benzene rings is 2. The van der Waals surface area contributed by atoms with Crippen LogP contribution in [0, 0.1) is 6.92 Å². The predicted molar refractivity (Wildman–Crippen MR) is 84.0 cm³/mol. The summed E-state index contributed by atoms with van der Waals surface area (Å²) in [5.74, 6) is 0.0291. The SMILES string of the molecule is Cc1ccccc1/C(O)=C/c1nc2ccccc2[nH]c1=O. The summed E-state index contributed by atoms with van der Waals surface area (Å²) in [7, 11) is 0. The molecule has 0 saturated carbocycles. The lowest BCUT2D eigenvalue weighted by molar-refractivity contribution is 0.514. The molecule has 4 nitrogen and oxygen atoms in total. The molecule has 0 aliphatic heterocycles. The van der Waals surface area contributed by atoms with Gasteiger partial charge in [0.05, 0.1) is 11.0 Å². The van der Waals surface area contributed by atoms with Crippen LogP contribution in [0.1, 0.15) is 16.8 Å². The maximum absolute atomic E-state index is 12.0. The highest BCUT2D eigenvalue weighted by atomic mass is 16.3. The van der Waals surface area contributed by atoms with E-state index in [0.717, 1.165) is 5.56 Å². The molecule has 0 unspecified atom stereocenters. The van der Waals surface area contributed by atoms with Crippen LogP contribution < -0.4 is 5.56 Å². The number of fused-ring (bicyclic) bond motifs is 1. The highest BCUT2D eigenvalue weighted by Crippen LogP contribution is 2.18. The monoisotopic (exact) mass is 278 g/mol. The maximum Gasteiger partial charge on any atom is 0.274 e. The Morgan fingerprint density at radius 2 is 1.86 bits per heavy atom. The first-order valence-electron chi connectivity index (χ1n) is 6.61. The van der Waals surface area contributed by atoms with Crippen LogP contribution in [0.3, 0.4) is 0 Å². The molecule has 0 saturated heterocycles. The lowest BCUT2D eigenvalue weighted by atomic mass is 10.1. The van der Waals surface area contributed by atoms with E-state index in [9.17, 15) is 9.90 Å². The van der Waals surface area contributed by atoms with Gasteiger partial charge in [-0.2, -0.15) is 0 Å². The first kappa shape index (κ1) is 13.1. The van der Waals surface area contributed by atoms with Gasteiger partial charge in [-0.1, -0.05) is 36.4 Å². The largest absolute Gasteiger partial charge is 0.507 e. The van der Waals surface area contributed by atoms with Crippen molar-refractivity contribution in [2.75, 3.05) is 0 Å². The van der Waals surface area contributed by atoms with Crippen LogP contribution in [0.4, 0.5) is 0 Å². The number of aliphatic hydroxyl groups excluding tert-OH is 1. The molecular weight excluding hydrogens is 264 g/mol. The number of rotatable bonds is 2. The zero-order valence-electron chi connectivity index (χ0n) is 11.5. The molecule has 0 atom stereocenters. The lowest BCUT2D eigenvalue weighted by Gasteiger charge is -2.04. The molecule has 4 heteroatoms. The summed E-state index contributed by atoms with van der Waals surface area (Å²) >= 11 is 0. The van der Waals surface area contributed by atoms with Gasteiger partial charge in [0.15, 0.2) is 0 Å². The molecule has 0 spiro atoms. The Bertz CT molecular complexity index is 894. The summed E-state index contributed by atoms with van der Waals surface area (Å²) in [6.07, 6.45) is 1.40. The molecule has 2 N–H and O–H groups in total. The number of nitrogens with one attached hydrogen (secondary N) is 1. The Kier molecular flexibility index (Phi) is 3.28. The molecule has 1 heterocycles. The fourth-order valence-electron chi connectivity index (χ4n) is 2.21. The quantitative estimate of drug-likeness (QED) is 0.707. The first-order chi connectivity index (χ1) is 10.1. The maximum atomic E-state index is 12.0. The average molecular weight is 278 g/mol. The molecule has 3 aromatic rings. The number of hydrogen-bond donors (Lipinski definition) is 2. The van der Waals surface area contributed by atoms with Crippen molar-refractivity contribution in [1.29, 1.82) is 0 Å². The lowest BCUT2D eigenvalue weighted by Crippen LogP contribution is -2.12. The van der Waals surface area contributed by atoms with Crippen LogP contribution in [0.5, 0.6) is 0 Å². The van der Waals surface area contributed by atoms with Gasteiger partial charge in [0.1, 0.15) is 11.5 Å². The number of aromatic amines is 1. The number of nitrogens with zero attached hydrogens (tertiary/aromatic N) is 1. The molecule has 0 aliphatic rings. The second-order valence-electron chi connectivity index (χ2n) is 4.81. The Morgan fingerprint density at radius 1 is 1.14 bits per heavy atom. The third-order valence-corrected chi connectivity index (χ3v) is 3.32. The highest BCUT2D eigenvalue weighted by Gasteiger charge is 2.06. The average Bonchev–Trinajstić information content (AvgIpc) is 2.48. The van der Waals surface area contributed by atoms with E-state index in [1.165, 1.54) is 6.08 Å². The highest BCUT2D eigenvalue weighted by molar-refractivity contribution is 5.79. The summed E-state index contributed by atoms with van der Waals surface area (Å²) in [5, 5.41) is 10.2. The molecule has 1 aromatic heterocycles. The van der Waals surface area contributed by atoms with Gasteiger partial charge in [0.2, 0.25) is 0 Å². The fourth-order valence-corrected chi connectivity index (χ4v) is 2.21. The van der Waals surface area contributed by atoms with Gasteiger partial charge in [0.25, 0.3) is 5.56 Å². The van der Waals surface area contributed by atoms with Crippen molar-refractivity contribution in [2.45, 2.75) is 6.92 Å². The van der Waals surface area contributed by atoms with Crippen molar-refractivity contribution < 1.29 is 5.11 Å². The van der Waals surface area contributed by atoms with Crippen molar-refractivity contribution in [3.63, 3.8) is 0 Å². The topological polar surface area (TPSA) is 66.0 Å². The Morgan fingerprint density at radius 3 is 2.67 bits per heavy atom. The summed E-state index contributed by atoms with van der Waals surface area (Å²) in [6, 6.07) is 14.7. The van der Waals surface area contributed by atoms with E-state index in [4.69, 9.17) is 0 Å². The summed E-state index contributed by atoms with van der Waals surface area (Å²) in [6.45, 7) is 1.90. The molecule has 104 valence electrons. The Balaban J connectivity index is 2.13. The molecule has 0 radical (unpaired) electrons. The van der Waals surface area contributed by atoms with Crippen molar-refractivity contribution >= 4 is 22.9 Å². The van der Waals surface area contributed by atoms with E-state index < -0.39 is 0 Å². The van der Waals surface area contributed by atoms with Gasteiger partial charge in [0, 0.05) is 11.6 Å². The van der Waals surface area contributed by atoms with Gasteiger partial charge >= 0.3 is 0 Å². The normalized spacial score (nSPS) is 11.8. The Labute approximate surface area is 121 Å². The van der Waals surface area contributed by atoms with E-state index in [2.05, 4.69) is 9.97 Å². The number of H-pyrrole nitrogens is 1. The van der Waals surface area contributed by atoms with Gasteiger partial charge in [-0.3, -0.25) is 4.79 Å². The van der Waals surface area contributed by atoms with Gasteiger partial charge in [-0.05, 0) is 24.6 Å². The zero-order chi connectivity index (χ0) is 14.8. The van der Waals surface area contributed by atoms with Gasteiger partial charge in [-0.25, -0.2) is 4.98 Å². The predicted octanol–water partition coefficient (Wildman–Crippen LogP) is 3.29. The first-order valence-corrected chi connectivity index (χ1v) is 6.61. The van der Waals surface area contributed by atoms with Crippen LogP contribution in [0.15, 0.2) is 53.3 Å². The summed E-state index contributed by atoms with van der Waals surface area (Å²) < 4.78 is 0. The minimum Gasteiger partial charge on any atom is -0.507 e. The standard InChI is InChI=1S/C17H14N2O2/c1-11-6-2-3-7-12(11)16(20)10-15-17(21)19-14-9-5-4-8-13(14)18-15/h2-10,20H,1H3,(H,19,21)/b16-10-. The number of hydrogen-bond acceptors (Lipinski definition) is 3. The summed E-state index contributed by atoms with van der Waals surface area (Å²) in [4.78, 5) is 19.1. The van der Waals surface area contributed by atoms with Crippen LogP contribution in [-0.4, -0.2) is 15.1 Å². The van der Waals surface area contributed by atoms with Crippen molar-refractivity contribution in [2.24, 2.45) is 0 Å². The smallest absolute Gasteiger partial charge is 0.274 e. The fraction of sp³-hybridized carbons (Fsp3) is 0.0588. The minimum atomic E-state index is -0.325. The number of aryl methyl sites for hydroxylation is 1. The van der Waals surface area contributed by atoms with Crippen LogP contribution in [-0.2, 0) is 0 Å².